The second-order valence-electron chi connectivity index (χ2n) is 5.15. The Labute approximate surface area is 140 Å². The number of carbonyl (C=O) groups excluding carboxylic acids is 1. The van der Waals surface area contributed by atoms with E-state index < -0.39 is 0 Å². The summed E-state index contributed by atoms with van der Waals surface area (Å²) in [4.78, 5) is 12.5. The highest BCUT2D eigenvalue weighted by Gasteiger charge is 2.27. The molecule has 5 nitrogen and oxygen atoms in total. The van der Waals surface area contributed by atoms with Gasteiger partial charge in [0.15, 0.2) is 17.3 Å². The number of carbonyl (C=O) groups is 1. The molecule has 1 heterocycles. The zero-order valence-corrected chi connectivity index (χ0v) is 13.8. The van der Waals surface area contributed by atoms with E-state index >= 15 is 0 Å². The molecule has 124 valence electrons. The number of hydrogen-bond acceptors (Lipinski definition) is 5. The maximum absolute atomic E-state index is 12.5. The van der Waals surface area contributed by atoms with Crippen molar-refractivity contribution in [2.24, 2.45) is 0 Å². The van der Waals surface area contributed by atoms with E-state index in [9.17, 15) is 4.79 Å². The number of methoxy groups -OCH3 is 2. The summed E-state index contributed by atoms with van der Waals surface area (Å²) < 4.78 is 21.6. The van der Waals surface area contributed by atoms with E-state index in [-0.39, 0.29) is 11.5 Å². The first kappa shape index (κ1) is 15.9. The Morgan fingerprint density at radius 3 is 2.54 bits per heavy atom. The van der Waals surface area contributed by atoms with Crippen molar-refractivity contribution in [2.45, 2.75) is 6.92 Å². The lowest BCUT2D eigenvalue weighted by Crippen LogP contribution is -1.98. The van der Waals surface area contributed by atoms with E-state index in [2.05, 4.69) is 0 Å². The van der Waals surface area contributed by atoms with E-state index in [0.717, 1.165) is 5.56 Å². The van der Waals surface area contributed by atoms with Crippen LogP contribution in [-0.2, 0) is 0 Å². The molecule has 2 aromatic rings. The fraction of sp³-hybridized carbons (Fsp3) is 0.211. The highest BCUT2D eigenvalue weighted by Crippen LogP contribution is 2.35. The van der Waals surface area contributed by atoms with Crippen LogP contribution in [0.15, 0.2) is 42.2 Å². The number of hydrogen-bond donors (Lipinski definition) is 0. The van der Waals surface area contributed by atoms with Crippen LogP contribution in [0.5, 0.6) is 23.0 Å². The second-order valence-corrected chi connectivity index (χ2v) is 5.15. The second kappa shape index (κ2) is 6.66. The van der Waals surface area contributed by atoms with Gasteiger partial charge >= 0.3 is 0 Å². The summed E-state index contributed by atoms with van der Waals surface area (Å²) in [6.45, 7) is 2.46. The van der Waals surface area contributed by atoms with Gasteiger partial charge in [0, 0.05) is 6.07 Å². The Hall–Kier alpha value is -2.95. The van der Waals surface area contributed by atoms with Crippen molar-refractivity contribution < 1.29 is 23.7 Å². The van der Waals surface area contributed by atoms with Crippen molar-refractivity contribution >= 4 is 11.9 Å². The van der Waals surface area contributed by atoms with Crippen molar-refractivity contribution in [3.05, 3.63) is 53.3 Å². The Kier molecular flexibility index (Phi) is 4.42. The average Bonchev–Trinajstić information content (AvgIpc) is 2.90. The van der Waals surface area contributed by atoms with Gasteiger partial charge in [-0.1, -0.05) is 6.07 Å². The van der Waals surface area contributed by atoms with Gasteiger partial charge in [-0.2, -0.15) is 0 Å². The van der Waals surface area contributed by atoms with Crippen LogP contribution >= 0.6 is 0 Å². The average molecular weight is 326 g/mol. The summed E-state index contributed by atoms with van der Waals surface area (Å²) >= 11 is 0. The van der Waals surface area contributed by atoms with Crippen molar-refractivity contribution in [1.82, 2.24) is 0 Å². The van der Waals surface area contributed by atoms with Crippen LogP contribution in [0.25, 0.3) is 6.08 Å². The highest BCUT2D eigenvalue weighted by molar-refractivity contribution is 6.14. The highest BCUT2D eigenvalue weighted by atomic mass is 16.5. The van der Waals surface area contributed by atoms with Crippen molar-refractivity contribution in [3.8, 4) is 23.0 Å². The molecule has 0 bridgehead atoms. The molecule has 0 aliphatic carbocycles. The first-order chi connectivity index (χ1) is 11.7. The van der Waals surface area contributed by atoms with Crippen LogP contribution in [0, 0.1) is 0 Å². The van der Waals surface area contributed by atoms with Gasteiger partial charge in [0.2, 0.25) is 5.78 Å². The molecule has 0 radical (unpaired) electrons. The Morgan fingerprint density at radius 2 is 1.83 bits per heavy atom. The summed E-state index contributed by atoms with van der Waals surface area (Å²) in [6, 6.07) is 10.6. The molecule has 0 amide bonds. The molecule has 0 unspecified atom stereocenters. The molecule has 24 heavy (non-hydrogen) atoms. The lowest BCUT2D eigenvalue weighted by atomic mass is 10.1. The van der Waals surface area contributed by atoms with Crippen LogP contribution in [0.4, 0.5) is 0 Å². The minimum Gasteiger partial charge on any atom is -0.494 e. The molecular formula is C19H18O5. The molecule has 3 rings (SSSR count). The van der Waals surface area contributed by atoms with Crippen molar-refractivity contribution in [1.29, 1.82) is 0 Å². The summed E-state index contributed by atoms with van der Waals surface area (Å²) in [5.41, 5.74) is 1.32. The number of rotatable bonds is 5. The Morgan fingerprint density at radius 1 is 1.04 bits per heavy atom. The van der Waals surface area contributed by atoms with E-state index in [0.29, 0.717) is 35.2 Å². The summed E-state index contributed by atoms with van der Waals surface area (Å²) in [5.74, 6) is 2.53. The van der Waals surface area contributed by atoms with Crippen molar-refractivity contribution in [2.75, 3.05) is 20.8 Å². The summed E-state index contributed by atoms with van der Waals surface area (Å²) in [6.07, 6.45) is 1.69. The summed E-state index contributed by atoms with van der Waals surface area (Å²) in [5, 5.41) is 0. The maximum atomic E-state index is 12.5. The van der Waals surface area contributed by atoms with Crippen molar-refractivity contribution in [3.63, 3.8) is 0 Å². The van der Waals surface area contributed by atoms with E-state index in [1.165, 1.54) is 0 Å². The largest absolute Gasteiger partial charge is 0.494 e. The van der Waals surface area contributed by atoms with Gasteiger partial charge in [-0.15, -0.1) is 0 Å². The SMILES string of the molecule is CCOc1ccc2c(c1)O/C(=C/c1ccc(OC)c(OC)c1)C2=O. The first-order valence-corrected chi connectivity index (χ1v) is 7.59. The molecule has 0 spiro atoms. The van der Waals surface area contributed by atoms with Gasteiger partial charge in [-0.25, -0.2) is 0 Å². The predicted molar refractivity (Wildman–Crippen MR) is 90.1 cm³/mol. The minimum atomic E-state index is -0.150. The quantitative estimate of drug-likeness (QED) is 0.784. The molecule has 0 aromatic heterocycles. The number of ketones is 1. The smallest absolute Gasteiger partial charge is 0.231 e. The molecule has 5 heteroatoms. The molecule has 0 saturated carbocycles. The van der Waals surface area contributed by atoms with Crippen LogP contribution < -0.4 is 18.9 Å². The first-order valence-electron chi connectivity index (χ1n) is 7.59. The fourth-order valence-electron chi connectivity index (χ4n) is 2.52. The zero-order valence-electron chi connectivity index (χ0n) is 13.8. The molecular weight excluding hydrogens is 308 g/mol. The number of benzene rings is 2. The number of Topliss-reactive ketones (excluding diaryl/α,β-unsaturated/α-hetero) is 1. The standard InChI is InChI=1S/C19H18O5/c1-4-23-13-6-7-14-16(11-13)24-18(19(14)20)10-12-5-8-15(21-2)17(9-12)22-3/h5-11H,4H2,1-3H3/b18-10+. The van der Waals surface area contributed by atoms with Crippen LogP contribution in [0.3, 0.4) is 0 Å². The van der Waals surface area contributed by atoms with Gasteiger partial charge in [0.25, 0.3) is 0 Å². The number of ether oxygens (including phenoxy) is 4. The molecule has 0 atom stereocenters. The van der Waals surface area contributed by atoms with E-state index in [1.807, 2.05) is 13.0 Å². The molecule has 0 saturated heterocycles. The Bertz CT molecular complexity index is 807. The van der Waals surface area contributed by atoms with Gasteiger partial charge < -0.3 is 18.9 Å². The monoisotopic (exact) mass is 326 g/mol. The maximum Gasteiger partial charge on any atom is 0.231 e. The Balaban J connectivity index is 1.91. The van der Waals surface area contributed by atoms with Crippen LogP contribution in [-0.4, -0.2) is 26.6 Å². The normalized spacial score (nSPS) is 14.3. The number of fused-ring (bicyclic) bond motifs is 1. The zero-order chi connectivity index (χ0) is 17.1. The molecule has 1 aliphatic rings. The molecule has 0 N–H and O–H groups in total. The predicted octanol–water partition coefficient (Wildman–Crippen LogP) is 3.72. The van der Waals surface area contributed by atoms with Crippen LogP contribution in [0.2, 0.25) is 0 Å². The topological polar surface area (TPSA) is 54.0 Å². The van der Waals surface area contributed by atoms with Crippen LogP contribution in [0.1, 0.15) is 22.8 Å². The van der Waals surface area contributed by atoms with Gasteiger partial charge in [-0.3, -0.25) is 4.79 Å². The lowest BCUT2D eigenvalue weighted by molar-refractivity contribution is 0.101. The lowest BCUT2D eigenvalue weighted by Gasteiger charge is -2.08. The minimum absolute atomic E-state index is 0.150. The third kappa shape index (κ3) is 2.93. The van der Waals surface area contributed by atoms with E-state index in [4.69, 9.17) is 18.9 Å². The van der Waals surface area contributed by atoms with Gasteiger partial charge in [-0.05, 0) is 42.8 Å². The van der Waals surface area contributed by atoms with Gasteiger partial charge in [0.1, 0.15) is 11.5 Å². The molecule has 2 aromatic carbocycles. The molecule has 1 aliphatic heterocycles. The number of allylic oxidation sites excluding steroid dienone is 1. The third-order valence-corrected chi connectivity index (χ3v) is 3.66. The third-order valence-electron chi connectivity index (χ3n) is 3.66. The van der Waals surface area contributed by atoms with E-state index in [1.54, 1.807) is 50.6 Å². The van der Waals surface area contributed by atoms with Gasteiger partial charge in [0.05, 0.1) is 26.4 Å². The molecule has 0 fully saturated rings. The fourth-order valence-corrected chi connectivity index (χ4v) is 2.52. The summed E-state index contributed by atoms with van der Waals surface area (Å²) in [7, 11) is 3.14.